The van der Waals surface area contributed by atoms with E-state index in [9.17, 15) is 4.79 Å². The number of esters is 1. The Hall–Kier alpha value is -3.01. The quantitative estimate of drug-likeness (QED) is 0.506. The lowest BCUT2D eigenvalue weighted by molar-refractivity contribution is -0.143. The van der Waals surface area contributed by atoms with Gasteiger partial charge in [0.25, 0.3) is 0 Å². The first-order chi connectivity index (χ1) is 12.7. The molecular formula is C22H24N2O2. The third-order valence-electron chi connectivity index (χ3n) is 4.52. The van der Waals surface area contributed by atoms with Gasteiger partial charge in [0.15, 0.2) is 0 Å². The van der Waals surface area contributed by atoms with Crippen LogP contribution in [-0.4, -0.2) is 31.2 Å². The maximum Gasteiger partial charge on any atom is 0.317 e. The number of aromatic nitrogens is 1. The minimum Gasteiger partial charge on any atom is -0.465 e. The molecule has 1 heterocycles. The van der Waals surface area contributed by atoms with Gasteiger partial charge in [-0.05, 0) is 36.2 Å². The van der Waals surface area contributed by atoms with E-state index in [0.29, 0.717) is 6.61 Å². The number of para-hydroxylation sites is 1. The topological polar surface area (TPSA) is 45.3 Å². The highest BCUT2D eigenvalue weighted by Gasteiger charge is 2.26. The number of fused-ring (bicyclic) bond motifs is 1. The third-order valence-corrected chi connectivity index (χ3v) is 4.52. The zero-order valence-electron chi connectivity index (χ0n) is 15.2. The maximum atomic E-state index is 12.7. The van der Waals surface area contributed by atoms with Crippen LogP contribution < -0.4 is 4.90 Å². The second-order valence-corrected chi connectivity index (χ2v) is 6.24. The number of H-pyrrole nitrogens is 1. The summed E-state index contributed by atoms with van der Waals surface area (Å²) in [5.74, 6) is -0.686. The van der Waals surface area contributed by atoms with E-state index in [4.69, 9.17) is 4.74 Å². The van der Waals surface area contributed by atoms with Gasteiger partial charge in [0.2, 0.25) is 0 Å². The van der Waals surface area contributed by atoms with Crippen LogP contribution in [0.2, 0.25) is 0 Å². The second-order valence-electron chi connectivity index (χ2n) is 6.24. The van der Waals surface area contributed by atoms with Crippen LogP contribution in [0.15, 0.2) is 67.4 Å². The molecule has 3 aromatic rings. The molecule has 0 spiro atoms. The van der Waals surface area contributed by atoms with Gasteiger partial charge in [0.1, 0.15) is 5.92 Å². The molecule has 0 saturated heterocycles. The summed E-state index contributed by atoms with van der Waals surface area (Å²) >= 11 is 0. The van der Waals surface area contributed by atoms with Crippen LogP contribution in [0.25, 0.3) is 10.9 Å². The van der Waals surface area contributed by atoms with Gasteiger partial charge < -0.3 is 14.6 Å². The van der Waals surface area contributed by atoms with Crippen LogP contribution in [0.1, 0.15) is 24.0 Å². The number of aromatic amines is 1. The van der Waals surface area contributed by atoms with Crippen molar-refractivity contribution in [3.63, 3.8) is 0 Å². The minimum absolute atomic E-state index is 0.232. The van der Waals surface area contributed by atoms with Crippen molar-refractivity contribution in [1.29, 1.82) is 0 Å². The number of carbonyl (C=O) groups is 1. The van der Waals surface area contributed by atoms with E-state index in [1.54, 1.807) is 0 Å². The van der Waals surface area contributed by atoms with E-state index in [1.807, 2.05) is 74.8 Å². The number of carbonyl (C=O) groups excluding carboxylic acids is 1. The summed E-state index contributed by atoms with van der Waals surface area (Å²) in [5.41, 5.74) is 3.95. The van der Waals surface area contributed by atoms with Crippen molar-refractivity contribution in [2.75, 3.05) is 25.1 Å². The molecule has 4 nitrogen and oxygen atoms in total. The molecule has 134 valence electrons. The molecule has 26 heavy (non-hydrogen) atoms. The predicted octanol–water partition coefficient (Wildman–Crippen LogP) is 4.49. The number of hydrogen-bond donors (Lipinski definition) is 1. The van der Waals surface area contributed by atoms with Gasteiger partial charge in [0.05, 0.1) is 6.61 Å². The molecule has 0 aliphatic rings. The number of ether oxygens (including phenoxy) is 1. The van der Waals surface area contributed by atoms with Crippen LogP contribution in [0.3, 0.4) is 0 Å². The fourth-order valence-corrected chi connectivity index (χ4v) is 3.22. The molecule has 0 radical (unpaired) electrons. The minimum atomic E-state index is -0.454. The summed E-state index contributed by atoms with van der Waals surface area (Å²) in [4.78, 5) is 18.1. The molecule has 0 aliphatic heterocycles. The highest BCUT2D eigenvalue weighted by molar-refractivity contribution is 5.92. The molecule has 1 unspecified atom stereocenters. The van der Waals surface area contributed by atoms with Gasteiger partial charge in [-0.2, -0.15) is 0 Å². The van der Waals surface area contributed by atoms with E-state index < -0.39 is 5.92 Å². The maximum absolute atomic E-state index is 12.7. The van der Waals surface area contributed by atoms with Crippen LogP contribution >= 0.6 is 0 Å². The Morgan fingerprint density at radius 1 is 1.23 bits per heavy atom. The summed E-state index contributed by atoms with van der Waals surface area (Å²) in [6.07, 6.45) is 3.77. The van der Waals surface area contributed by atoms with E-state index >= 15 is 0 Å². The highest BCUT2D eigenvalue weighted by Crippen LogP contribution is 2.32. The number of anilines is 1. The van der Waals surface area contributed by atoms with E-state index in [-0.39, 0.29) is 5.97 Å². The molecule has 2 aromatic carbocycles. The lowest BCUT2D eigenvalue weighted by Gasteiger charge is -2.20. The molecule has 1 aromatic heterocycles. The van der Waals surface area contributed by atoms with Crippen molar-refractivity contribution in [3.05, 3.63) is 78.5 Å². The van der Waals surface area contributed by atoms with E-state index in [1.165, 1.54) is 0 Å². The summed E-state index contributed by atoms with van der Waals surface area (Å²) in [6.45, 7) is 6.73. The number of likely N-dealkylation sites (N-methyl/N-ethyl adjacent to an activating group) is 1. The Morgan fingerprint density at radius 3 is 2.65 bits per heavy atom. The molecule has 0 bridgehead atoms. The van der Waals surface area contributed by atoms with Crippen LogP contribution in [-0.2, 0) is 9.53 Å². The number of nitrogens with one attached hydrogen (secondary N) is 1. The van der Waals surface area contributed by atoms with Crippen LogP contribution in [0.4, 0.5) is 5.69 Å². The summed E-state index contributed by atoms with van der Waals surface area (Å²) in [6, 6.07) is 16.0. The van der Waals surface area contributed by atoms with Crippen molar-refractivity contribution >= 4 is 22.6 Å². The Kier molecular flexibility index (Phi) is 5.42. The summed E-state index contributed by atoms with van der Waals surface area (Å²) < 4.78 is 5.37. The predicted molar refractivity (Wildman–Crippen MR) is 107 cm³/mol. The molecular weight excluding hydrogens is 324 g/mol. The molecule has 0 amide bonds. The van der Waals surface area contributed by atoms with Gasteiger partial charge >= 0.3 is 5.97 Å². The standard InChI is InChI=1S/C22H24N2O2/c1-4-14-24(3)17-12-10-16(11-13-17)21(22(25)26-5-2)19-15-23-20-9-7-6-8-18(19)20/h4,6-13,15,21,23H,1,5,14H2,2-3H3. The number of rotatable bonds is 7. The third kappa shape index (κ3) is 3.49. The number of nitrogens with zero attached hydrogens (tertiary/aromatic N) is 1. The Bertz CT molecular complexity index is 896. The molecule has 1 N–H and O–H groups in total. The van der Waals surface area contributed by atoms with Gasteiger partial charge in [-0.3, -0.25) is 4.79 Å². The van der Waals surface area contributed by atoms with Crippen molar-refractivity contribution < 1.29 is 9.53 Å². The average Bonchev–Trinajstić information content (AvgIpc) is 3.07. The van der Waals surface area contributed by atoms with Gasteiger partial charge in [-0.1, -0.05) is 36.4 Å². The molecule has 0 fully saturated rings. The van der Waals surface area contributed by atoms with Crippen LogP contribution in [0.5, 0.6) is 0 Å². The normalized spacial score (nSPS) is 11.9. The van der Waals surface area contributed by atoms with E-state index in [0.717, 1.165) is 34.3 Å². The van der Waals surface area contributed by atoms with Crippen molar-refractivity contribution in [2.45, 2.75) is 12.8 Å². The van der Waals surface area contributed by atoms with Gasteiger partial charge in [-0.15, -0.1) is 6.58 Å². The molecule has 0 aliphatic carbocycles. The number of benzene rings is 2. The lowest BCUT2D eigenvalue weighted by Crippen LogP contribution is -2.18. The molecule has 0 saturated carbocycles. The monoisotopic (exact) mass is 348 g/mol. The SMILES string of the molecule is C=CCN(C)c1ccc(C(C(=O)OCC)c2c[nH]c3ccccc23)cc1. The second kappa shape index (κ2) is 7.91. The first-order valence-corrected chi connectivity index (χ1v) is 8.80. The zero-order chi connectivity index (χ0) is 18.5. The Balaban J connectivity index is 2.02. The molecule has 1 atom stereocenters. The van der Waals surface area contributed by atoms with Crippen LogP contribution in [0, 0.1) is 0 Å². The molecule has 3 rings (SSSR count). The van der Waals surface area contributed by atoms with E-state index in [2.05, 4.69) is 16.5 Å². The first-order valence-electron chi connectivity index (χ1n) is 8.80. The van der Waals surface area contributed by atoms with Gasteiger partial charge in [-0.25, -0.2) is 0 Å². The average molecular weight is 348 g/mol. The zero-order valence-corrected chi connectivity index (χ0v) is 15.2. The Morgan fingerprint density at radius 2 is 1.96 bits per heavy atom. The fraction of sp³-hybridized carbons (Fsp3) is 0.227. The lowest BCUT2D eigenvalue weighted by atomic mass is 9.91. The summed E-state index contributed by atoms with van der Waals surface area (Å²) in [5, 5.41) is 1.04. The highest BCUT2D eigenvalue weighted by atomic mass is 16.5. The molecule has 4 heteroatoms. The fourth-order valence-electron chi connectivity index (χ4n) is 3.22. The number of hydrogen-bond acceptors (Lipinski definition) is 3. The van der Waals surface area contributed by atoms with Crippen molar-refractivity contribution in [2.24, 2.45) is 0 Å². The van der Waals surface area contributed by atoms with Crippen molar-refractivity contribution in [3.8, 4) is 0 Å². The largest absolute Gasteiger partial charge is 0.465 e. The Labute approximate surface area is 154 Å². The van der Waals surface area contributed by atoms with Crippen molar-refractivity contribution in [1.82, 2.24) is 4.98 Å². The summed E-state index contributed by atoms with van der Waals surface area (Å²) in [7, 11) is 2.01. The van der Waals surface area contributed by atoms with Gasteiger partial charge in [0, 0.05) is 36.4 Å². The first kappa shape index (κ1) is 17.8. The smallest absolute Gasteiger partial charge is 0.317 e.